The first-order valence-electron chi connectivity index (χ1n) is 6.73. The molecule has 0 radical (unpaired) electrons. The molecule has 1 aliphatic rings. The van der Waals surface area contributed by atoms with Crippen molar-refractivity contribution in [1.82, 2.24) is 10.2 Å². The fourth-order valence-electron chi connectivity index (χ4n) is 2.84. The van der Waals surface area contributed by atoms with Gasteiger partial charge in [0, 0.05) is 24.7 Å². The third-order valence-corrected chi connectivity index (χ3v) is 3.85. The number of hydrogen-bond acceptors (Lipinski definition) is 3. The summed E-state index contributed by atoms with van der Waals surface area (Å²) in [5.41, 5.74) is 0.188. The van der Waals surface area contributed by atoms with Crippen molar-refractivity contribution >= 4 is 0 Å². The van der Waals surface area contributed by atoms with Gasteiger partial charge >= 0.3 is 0 Å². The highest BCUT2D eigenvalue weighted by molar-refractivity contribution is 4.91. The first-order valence-corrected chi connectivity index (χ1v) is 6.73. The van der Waals surface area contributed by atoms with Crippen molar-refractivity contribution in [1.29, 1.82) is 0 Å². The lowest BCUT2D eigenvalue weighted by molar-refractivity contribution is 0.183. The molecule has 16 heavy (non-hydrogen) atoms. The van der Waals surface area contributed by atoms with E-state index in [2.05, 4.69) is 31.0 Å². The number of aliphatic hydroxyl groups is 1. The van der Waals surface area contributed by atoms with Gasteiger partial charge in [-0.2, -0.15) is 0 Å². The Morgan fingerprint density at radius 3 is 2.62 bits per heavy atom. The number of aliphatic hydroxyl groups excluding tert-OH is 1. The number of nitrogens with zero attached hydrogens (tertiary/aromatic N) is 1. The van der Waals surface area contributed by atoms with Gasteiger partial charge in [0.15, 0.2) is 0 Å². The summed E-state index contributed by atoms with van der Waals surface area (Å²) < 4.78 is 0. The summed E-state index contributed by atoms with van der Waals surface area (Å²) >= 11 is 0. The molecule has 0 aliphatic carbocycles. The quantitative estimate of drug-likeness (QED) is 0.750. The minimum absolute atomic E-state index is 0.188. The van der Waals surface area contributed by atoms with Gasteiger partial charge in [0.2, 0.25) is 0 Å². The SMILES string of the molecule is CCNC1(CCO)CCCN(C(C)C)CC1. The van der Waals surface area contributed by atoms with E-state index in [0.717, 1.165) is 19.5 Å². The molecule has 3 heteroatoms. The summed E-state index contributed by atoms with van der Waals surface area (Å²) in [6.45, 7) is 10.4. The Morgan fingerprint density at radius 2 is 2.06 bits per heavy atom. The molecule has 0 aromatic heterocycles. The highest BCUT2D eigenvalue weighted by Crippen LogP contribution is 2.26. The first kappa shape index (κ1) is 13.9. The zero-order valence-electron chi connectivity index (χ0n) is 11.1. The van der Waals surface area contributed by atoms with Crippen LogP contribution in [0.15, 0.2) is 0 Å². The van der Waals surface area contributed by atoms with Gasteiger partial charge in [0.05, 0.1) is 0 Å². The third kappa shape index (κ3) is 3.72. The molecular weight excluding hydrogens is 200 g/mol. The van der Waals surface area contributed by atoms with Gasteiger partial charge in [0.25, 0.3) is 0 Å². The average Bonchev–Trinajstić information content (AvgIpc) is 2.42. The molecule has 0 saturated carbocycles. The lowest BCUT2D eigenvalue weighted by Gasteiger charge is -2.33. The summed E-state index contributed by atoms with van der Waals surface area (Å²) in [6, 6.07) is 0.645. The zero-order valence-corrected chi connectivity index (χ0v) is 11.1. The second-order valence-electron chi connectivity index (χ2n) is 5.27. The molecule has 0 bridgehead atoms. The largest absolute Gasteiger partial charge is 0.396 e. The van der Waals surface area contributed by atoms with Crippen LogP contribution in [-0.4, -0.2) is 47.8 Å². The molecule has 2 N–H and O–H groups in total. The minimum atomic E-state index is 0.188. The van der Waals surface area contributed by atoms with Gasteiger partial charge in [-0.05, 0) is 52.6 Å². The van der Waals surface area contributed by atoms with Gasteiger partial charge in [-0.3, -0.25) is 0 Å². The number of rotatable bonds is 5. The highest BCUT2D eigenvalue weighted by Gasteiger charge is 2.31. The van der Waals surface area contributed by atoms with E-state index in [1.165, 1.54) is 25.8 Å². The van der Waals surface area contributed by atoms with Crippen LogP contribution in [-0.2, 0) is 0 Å². The number of likely N-dealkylation sites (tertiary alicyclic amines) is 1. The summed E-state index contributed by atoms with van der Waals surface area (Å²) in [7, 11) is 0. The van der Waals surface area contributed by atoms with Crippen LogP contribution >= 0.6 is 0 Å². The van der Waals surface area contributed by atoms with Gasteiger partial charge < -0.3 is 15.3 Å². The Morgan fingerprint density at radius 1 is 1.31 bits per heavy atom. The summed E-state index contributed by atoms with van der Waals surface area (Å²) in [5, 5.41) is 12.8. The summed E-state index contributed by atoms with van der Waals surface area (Å²) in [4.78, 5) is 2.55. The lowest BCUT2D eigenvalue weighted by Crippen LogP contribution is -2.46. The van der Waals surface area contributed by atoms with Crippen LogP contribution in [0, 0.1) is 0 Å². The predicted molar refractivity (Wildman–Crippen MR) is 68.7 cm³/mol. The van der Waals surface area contributed by atoms with Gasteiger partial charge in [-0.1, -0.05) is 6.92 Å². The molecule has 1 atom stereocenters. The fraction of sp³-hybridized carbons (Fsp3) is 1.00. The van der Waals surface area contributed by atoms with Crippen molar-refractivity contribution in [3.63, 3.8) is 0 Å². The maximum absolute atomic E-state index is 9.22. The topological polar surface area (TPSA) is 35.5 Å². The molecule has 3 nitrogen and oxygen atoms in total. The van der Waals surface area contributed by atoms with Crippen LogP contribution in [0.3, 0.4) is 0 Å². The van der Waals surface area contributed by atoms with Crippen molar-refractivity contribution in [2.24, 2.45) is 0 Å². The minimum Gasteiger partial charge on any atom is -0.396 e. The molecular formula is C13H28N2O. The van der Waals surface area contributed by atoms with Crippen molar-refractivity contribution in [3.8, 4) is 0 Å². The second-order valence-corrected chi connectivity index (χ2v) is 5.27. The normalized spacial score (nSPS) is 28.3. The number of nitrogens with one attached hydrogen (secondary N) is 1. The van der Waals surface area contributed by atoms with Gasteiger partial charge in [0.1, 0.15) is 0 Å². The van der Waals surface area contributed by atoms with Crippen LogP contribution in [0.4, 0.5) is 0 Å². The van der Waals surface area contributed by atoms with Crippen molar-refractivity contribution < 1.29 is 5.11 Å². The Balaban J connectivity index is 2.59. The third-order valence-electron chi connectivity index (χ3n) is 3.85. The molecule has 96 valence electrons. The fourth-order valence-corrected chi connectivity index (χ4v) is 2.84. The van der Waals surface area contributed by atoms with Crippen LogP contribution < -0.4 is 5.32 Å². The van der Waals surface area contributed by atoms with Gasteiger partial charge in [-0.15, -0.1) is 0 Å². The molecule has 0 aromatic carbocycles. The second kappa shape index (κ2) is 6.58. The molecule has 1 saturated heterocycles. The predicted octanol–water partition coefficient (Wildman–Crippen LogP) is 1.61. The van der Waals surface area contributed by atoms with Crippen molar-refractivity contribution in [2.75, 3.05) is 26.2 Å². The molecule has 1 rings (SSSR count). The van der Waals surface area contributed by atoms with Crippen LogP contribution in [0.25, 0.3) is 0 Å². The molecule has 1 heterocycles. The lowest BCUT2D eigenvalue weighted by atomic mass is 9.87. The summed E-state index contributed by atoms with van der Waals surface area (Å²) in [5.74, 6) is 0. The van der Waals surface area contributed by atoms with Crippen LogP contribution in [0.2, 0.25) is 0 Å². The maximum atomic E-state index is 9.22. The molecule has 0 spiro atoms. The maximum Gasteiger partial charge on any atom is 0.0448 e. The molecule has 1 unspecified atom stereocenters. The van der Waals surface area contributed by atoms with Crippen molar-refractivity contribution in [2.45, 2.75) is 58.0 Å². The van der Waals surface area contributed by atoms with E-state index < -0.39 is 0 Å². The van der Waals surface area contributed by atoms with Crippen LogP contribution in [0.1, 0.15) is 46.5 Å². The summed E-state index contributed by atoms with van der Waals surface area (Å²) in [6.07, 6.45) is 4.50. The highest BCUT2D eigenvalue weighted by atomic mass is 16.3. The standard InChI is InChI=1S/C13H28N2O/c1-4-14-13(8-11-16)6-5-9-15(10-7-13)12(2)3/h12,14,16H,4-11H2,1-3H3. The van der Waals surface area contributed by atoms with Crippen molar-refractivity contribution in [3.05, 3.63) is 0 Å². The van der Waals surface area contributed by atoms with E-state index >= 15 is 0 Å². The monoisotopic (exact) mass is 228 g/mol. The van der Waals surface area contributed by atoms with Crippen LogP contribution in [0.5, 0.6) is 0 Å². The van der Waals surface area contributed by atoms with Gasteiger partial charge in [-0.25, -0.2) is 0 Å². The van der Waals surface area contributed by atoms with E-state index in [-0.39, 0.29) is 5.54 Å². The Bertz CT molecular complexity index is 188. The molecule has 0 amide bonds. The van der Waals surface area contributed by atoms with E-state index in [4.69, 9.17) is 0 Å². The van der Waals surface area contributed by atoms with E-state index in [1.807, 2.05) is 0 Å². The average molecular weight is 228 g/mol. The van der Waals surface area contributed by atoms with E-state index in [0.29, 0.717) is 12.6 Å². The first-order chi connectivity index (χ1) is 7.63. The number of hydrogen-bond donors (Lipinski definition) is 2. The zero-order chi connectivity index (χ0) is 12.0. The smallest absolute Gasteiger partial charge is 0.0448 e. The van der Waals surface area contributed by atoms with E-state index in [9.17, 15) is 5.11 Å². The Labute approximate surface area is 100 Å². The Kier molecular flexibility index (Phi) is 5.73. The van der Waals surface area contributed by atoms with E-state index in [1.54, 1.807) is 0 Å². The molecule has 1 fully saturated rings. The molecule has 0 aromatic rings. The molecule has 1 aliphatic heterocycles. The Hall–Kier alpha value is -0.120.